The van der Waals surface area contributed by atoms with Gasteiger partial charge in [0.15, 0.2) is 0 Å². The first-order valence-corrected chi connectivity index (χ1v) is 11.4. The third kappa shape index (κ3) is 3.49. The summed E-state index contributed by atoms with van der Waals surface area (Å²) in [5.41, 5.74) is -1.10. The number of likely N-dealkylation sites (tertiary alicyclic amines) is 1. The number of rotatable bonds is 8. The minimum absolute atomic E-state index is 0.0523. The van der Waals surface area contributed by atoms with E-state index in [-0.39, 0.29) is 35.9 Å². The molecule has 2 unspecified atom stereocenters. The molecule has 3 saturated heterocycles. The number of aliphatic hydroxyl groups excluding tert-OH is 1. The average Bonchev–Trinajstić information content (AvgIpc) is 3.25. The van der Waals surface area contributed by atoms with E-state index >= 15 is 0 Å². The van der Waals surface area contributed by atoms with Crippen molar-refractivity contribution in [2.45, 2.75) is 81.6 Å². The normalized spacial score (nSPS) is 37.4. The Labute approximate surface area is 179 Å². The molecule has 0 aromatic rings. The second kappa shape index (κ2) is 8.51. The van der Waals surface area contributed by atoms with Crippen molar-refractivity contribution >= 4 is 33.7 Å². The lowest BCUT2D eigenvalue weighted by Gasteiger charge is -2.36. The topological polar surface area (TPSA) is 105 Å². The molecule has 8 atom stereocenters. The van der Waals surface area contributed by atoms with Gasteiger partial charge in [-0.3, -0.25) is 14.4 Å². The standard InChI is InChI=1S/C20H31BrN2O6/c1-5-7-10(3)22-17(25)16-20-8-12(21)15(29-20)13(19(27)28-6-2)14(20)18(26)23(16)11(4)9-24/h10-16,24H,5-9H2,1-4H3,(H,22,25)/t10?,11-,12?,13-,14+,15-,16-,20+/m1/s1. The van der Waals surface area contributed by atoms with Crippen molar-refractivity contribution in [3.8, 4) is 0 Å². The number of carbonyl (C=O) groups excluding carboxylic acids is 3. The van der Waals surface area contributed by atoms with Crippen LogP contribution in [0.15, 0.2) is 0 Å². The summed E-state index contributed by atoms with van der Waals surface area (Å²) >= 11 is 3.59. The molecule has 3 fully saturated rings. The van der Waals surface area contributed by atoms with Gasteiger partial charge in [0.1, 0.15) is 11.6 Å². The van der Waals surface area contributed by atoms with Crippen LogP contribution in [0.3, 0.4) is 0 Å². The summed E-state index contributed by atoms with van der Waals surface area (Å²) < 4.78 is 11.5. The Kier molecular flexibility index (Phi) is 6.60. The Balaban J connectivity index is 2.01. The van der Waals surface area contributed by atoms with E-state index < -0.39 is 41.6 Å². The molecule has 2 N–H and O–H groups in total. The number of alkyl halides is 1. The monoisotopic (exact) mass is 474 g/mol. The molecule has 0 saturated carbocycles. The molecule has 9 heteroatoms. The highest BCUT2D eigenvalue weighted by Crippen LogP contribution is 2.60. The summed E-state index contributed by atoms with van der Waals surface area (Å²) in [5, 5.41) is 12.8. The van der Waals surface area contributed by atoms with Crippen molar-refractivity contribution in [1.82, 2.24) is 10.2 Å². The van der Waals surface area contributed by atoms with Crippen LogP contribution >= 0.6 is 15.9 Å². The van der Waals surface area contributed by atoms with Gasteiger partial charge in [0, 0.05) is 10.9 Å². The van der Waals surface area contributed by atoms with Gasteiger partial charge < -0.3 is 24.8 Å². The molecule has 29 heavy (non-hydrogen) atoms. The van der Waals surface area contributed by atoms with E-state index in [4.69, 9.17) is 9.47 Å². The minimum atomic E-state index is -1.10. The summed E-state index contributed by atoms with van der Waals surface area (Å²) in [6.45, 7) is 7.30. The minimum Gasteiger partial charge on any atom is -0.466 e. The third-order valence-corrected chi connectivity index (χ3v) is 7.23. The molecule has 1 spiro atoms. The molecule has 2 bridgehead atoms. The molecular formula is C20H31BrN2O6. The number of hydrogen-bond donors (Lipinski definition) is 2. The maximum Gasteiger partial charge on any atom is 0.312 e. The van der Waals surface area contributed by atoms with Crippen LogP contribution in [0, 0.1) is 11.8 Å². The Hall–Kier alpha value is -1.19. The number of fused-ring (bicyclic) bond motifs is 1. The van der Waals surface area contributed by atoms with Gasteiger partial charge >= 0.3 is 5.97 Å². The van der Waals surface area contributed by atoms with Gasteiger partial charge in [-0.1, -0.05) is 29.3 Å². The smallest absolute Gasteiger partial charge is 0.312 e. The van der Waals surface area contributed by atoms with Crippen LogP contribution in [0.5, 0.6) is 0 Å². The maximum absolute atomic E-state index is 13.5. The Morgan fingerprint density at radius 2 is 2.10 bits per heavy atom. The zero-order chi connectivity index (χ0) is 21.5. The molecule has 3 rings (SSSR count). The number of esters is 1. The van der Waals surface area contributed by atoms with E-state index in [1.807, 2.05) is 13.8 Å². The second-order valence-electron chi connectivity index (χ2n) is 8.39. The molecule has 0 aromatic carbocycles. The van der Waals surface area contributed by atoms with Crippen LogP contribution in [0.1, 0.15) is 47.0 Å². The molecule has 0 aromatic heterocycles. The molecular weight excluding hydrogens is 444 g/mol. The van der Waals surface area contributed by atoms with Gasteiger partial charge in [-0.2, -0.15) is 0 Å². The number of carbonyl (C=O) groups is 3. The number of aliphatic hydroxyl groups is 1. The largest absolute Gasteiger partial charge is 0.466 e. The number of ether oxygens (including phenoxy) is 2. The van der Waals surface area contributed by atoms with Gasteiger partial charge in [0.2, 0.25) is 11.8 Å². The van der Waals surface area contributed by atoms with Gasteiger partial charge in [-0.25, -0.2) is 0 Å². The molecule has 3 aliphatic heterocycles. The number of halogens is 1. The van der Waals surface area contributed by atoms with Gasteiger partial charge in [-0.05, 0) is 33.6 Å². The van der Waals surface area contributed by atoms with Crippen molar-refractivity contribution in [2.24, 2.45) is 11.8 Å². The molecule has 3 heterocycles. The van der Waals surface area contributed by atoms with Crippen molar-refractivity contribution < 1.29 is 29.0 Å². The van der Waals surface area contributed by atoms with E-state index in [0.29, 0.717) is 6.42 Å². The van der Waals surface area contributed by atoms with Crippen LogP contribution in [0.4, 0.5) is 0 Å². The predicted octanol–water partition coefficient (Wildman–Crippen LogP) is 0.983. The fourth-order valence-electron chi connectivity index (χ4n) is 5.26. The van der Waals surface area contributed by atoms with Crippen molar-refractivity contribution in [3.05, 3.63) is 0 Å². The lowest BCUT2D eigenvalue weighted by atomic mass is 9.70. The van der Waals surface area contributed by atoms with E-state index in [0.717, 1.165) is 12.8 Å². The summed E-state index contributed by atoms with van der Waals surface area (Å²) in [6.07, 6.45) is 1.66. The molecule has 0 radical (unpaired) electrons. The Morgan fingerprint density at radius 1 is 1.41 bits per heavy atom. The first-order valence-electron chi connectivity index (χ1n) is 10.4. The summed E-state index contributed by atoms with van der Waals surface area (Å²) in [6, 6.07) is -1.52. The zero-order valence-electron chi connectivity index (χ0n) is 17.4. The summed E-state index contributed by atoms with van der Waals surface area (Å²) in [4.78, 5) is 40.8. The van der Waals surface area contributed by atoms with Crippen LogP contribution in [-0.2, 0) is 23.9 Å². The van der Waals surface area contributed by atoms with Crippen LogP contribution in [0.2, 0.25) is 0 Å². The van der Waals surface area contributed by atoms with Crippen LogP contribution in [0.25, 0.3) is 0 Å². The number of amides is 2. The van der Waals surface area contributed by atoms with Crippen LogP contribution in [-0.4, -0.2) is 75.7 Å². The molecule has 3 aliphatic rings. The number of hydrogen-bond acceptors (Lipinski definition) is 6. The SMILES string of the molecule is CCCC(C)NC(=O)[C@H]1N([C@H](C)CO)C(=O)[C@@H]2[C@@H](C(=O)OCC)[C@@H]3O[C@@]21CC3Br. The first kappa shape index (κ1) is 22.5. The molecule has 2 amide bonds. The van der Waals surface area contributed by atoms with Gasteiger partial charge in [0.05, 0.1) is 37.2 Å². The lowest BCUT2D eigenvalue weighted by Crippen LogP contribution is -2.58. The molecule has 0 aliphatic carbocycles. The number of nitrogens with one attached hydrogen (secondary N) is 1. The van der Waals surface area contributed by atoms with E-state index in [9.17, 15) is 19.5 Å². The van der Waals surface area contributed by atoms with E-state index in [1.165, 1.54) is 4.90 Å². The van der Waals surface area contributed by atoms with Crippen molar-refractivity contribution in [2.75, 3.05) is 13.2 Å². The summed E-state index contributed by atoms with van der Waals surface area (Å²) in [7, 11) is 0. The zero-order valence-corrected chi connectivity index (χ0v) is 19.0. The summed E-state index contributed by atoms with van der Waals surface area (Å²) in [5.74, 6) is -2.65. The maximum atomic E-state index is 13.5. The van der Waals surface area contributed by atoms with Crippen LogP contribution < -0.4 is 5.32 Å². The fourth-order valence-corrected chi connectivity index (χ4v) is 6.21. The highest BCUT2D eigenvalue weighted by Gasteiger charge is 2.77. The average molecular weight is 475 g/mol. The Morgan fingerprint density at radius 3 is 2.69 bits per heavy atom. The molecule has 164 valence electrons. The predicted molar refractivity (Wildman–Crippen MR) is 108 cm³/mol. The van der Waals surface area contributed by atoms with Gasteiger partial charge in [0.25, 0.3) is 0 Å². The highest BCUT2D eigenvalue weighted by atomic mass is 79.9. The van der Waals surface area contributed by atoms with E-state index in [1.54, 1.807) is 13.8 Å². The lowest BCUT2D eigenvalue weighted by molar-refractivity contribution is -0.155. The van der Waals surface area contributed by atoms with Crippen molar-refractivity contribution in [3.63, 3.8) is 0 Å². The molecule has 8 nitrogen and oxygen atoms in total. The van der Waals surface area contributed by atoms with Crippen molar-refractivity contribution in [1.29, 1.82) is 0 Å². The van der Waals surface area contributed by atoms with Gasteiger partial charge in [-0.15, -0.1) is 0 Å². The number of nitrogens with zero attached hydrogens (tertiary/aromatic N) is 1. The highest BCUT2D eigenvalue weighted by molar-refractivity contribution is 9.09. The first-order chi connectivity index (χ1) is 13.7. The van der Waals surface area contributed by atoms with E-state index in [2.05, 4.69) is 21.2 Å². The fraction of sp³-hybridized carbons (Fsp3) is 0.850. The third-order valence-electron chi connectivity index (χ3n) is 6.38. The second-order valence-corrected chi connectivity index (χ2v) is 9.57. The Bertz CT molecular complexity index is 675. The quantitative estimate of drug-likeness (QED) is 0.401.